The summed E-state index contributed by atoms with van der Waals surface area (Å²) in [6, 6.07) is 7.86. The lowest BCUT2D eigenvalue weighted by Gasteiger charge is -2.13. The number of ether oxygens (including phenoxy) is 2. The summed E-state index contributed by atoms with van der Waals surface area (Å²) in [7, 11) is 1.66. The van der Waals surface area contributed by atoms with Gasteiger partial charge < -0.3 is 20.1 Å². The molecule has 0 unspecified atom stereocenters. The van der Waals surface area contributed by atoms with Gasteiger partial charge in [0.1, 0.15) is 11.9 Å². The minimum absolute atomic E-state index is 0. The molecule has 1 aromatic rings. The second kappa shape index (κ2) is 13.6. The fraction of sp³-hybridized carbons (Fsp3) is 0.600. The number of halogens is 1. The first-order valence-electron chi connectivity index (χ1n) is 9.56. The van der Waals surface area contributed by atoms with E-state index in [2.05, 4.69) is 15.6 Å². The van der Waals surface area contributed by atoms with Crippen molar-refractivity contribution in [1.82, 2.24) is 10.6 Å². The van der Waals surface area contributed by atoms with E-state index in [0.29, 0.717) is 19.5 Å². The second-order valence-corrected chi connectivity index (χ2v) is 6.43. The number of guanidine groups is 1. The molecule has 1 aromatic carbocycles. The number of hydrogen-bond donors (Lipinski definition) is 2. The predicted molar refractivity (Wildman–Crippen MR) is 119 cm³/mol. The number of para-hydroxylation sites is 1. The molecule has 27 heavy (non-hydrogen) atoms. The Morgan fingerprint density at radius 2 is 1.96 bits per heavy atom. The summed E-state index contributed by atoms with van der Waals surface area (Å²) in [5, 5.41) is 6.49. The molecule has 1 aliphatic carbocycles. The average molecular weight is 489 g/mol. The van der Waals surface area contributed by atoms with E-state index < -0.39 is 0 Å². The quantitative estimate of drug-likeness (QED) is 0.182. The molecule has 152 valence electrons. The van der Waals surface area contributed by atoms with E-state index >= 15 is 0 Å². The summed E-state index contributed by atoms with van der Waals surface area (Å²) in [5.74, 6) is 1.49. The SMILES string of the molecule is CCNC(=NCc1ccccc1OC)NCCCC(=O)OC1CCCC1.I. The van der Waals surface area contributed by atoms with Crippen LogP contribution in [0, 0.1) is 0 Å². The topological polar surface area (TPSA) is 72.0 Å². The number of nitrogens with zero attached hydrogens (tertiary/aromatic N) is 1. The summed E-state index contributed by atoms with van der Waals surface area (Å²) in [6.07, 6.45) is 5.70. The van der Waals surface area contributed by atoms with Crippen LogP contribution in [0.5, 0.6) is 5.75 Å². The third-order valence-corrected chi connectivity index (χ3v) is 4.39. The smallest absolute Gasteiger partial charge is 0.306 e. The Morgan fingerprint density at radius 3 is 2.67 bits per heavy atom. The third kappa shape index (κ3) is 8.81. The van der Waals surface area contributed by atoms with Gasteiger partial charge in [0.15, 0.2) is 5.96 Å². The Morgan fingerprint density at radius 1 is 1.22 bits per heavy atom. The van der Waals surface area contributed by atoms with Crippen LogP contribution in [0.4, 0.5) is 0 Å². The fourth-order valence-corrected chi connectivity index (χ4v) is 3.03. The van der Waals surface area contributed by atoms with Gasteiger partial charge in [0.05, 0.1) is 13.7 Å². The summed E-state index contributed by atoms with van der Waals surface area (Å²) in [5.41, 5.74) is 1.03. The highest BCUT2D eigenvalue weighted by atomic mass is 127. The zero-order valence-corrected chi connectivity index (χ0v) is 18.7. The van der Waals surface area contributed by atoms with Crippen molar-refractivity contribution in [3.05, 3.63) is 29.8 Å². The number of methoxy groups -OCH3 is 1. The number of rotatable bonds is 9. The molecule has 0 aromatic heterocycles. The first-order chi connectivity index (χ1) is 12.7. The molecular weight excluding hydrogens is 457 g/mol. The van der Waals surface area contributed by atoms with Gasteiger partial charge in [-0.15, -0.1) is 24.0 Å². The number of carbonyl (C=O) groups excluding carboxylic acids is 1. The highest BCUT2D eigenvalue weighted by Gasteiger charge is 2.18. The van der Waals surface area contributed by atoms with E-state index in [0.717, 1.165) is 43.1 Å². The number of hydrogen-bond acceptors (Lipinski definition) is 4. The lowest BCUT2D eigenvalue weighted by molar-refractivity contribution is -0.148. The van der Waals surface area contributed by atoms with Crippen molar-refractivity contribution >= 4 is 35.9 Å². The molecule has 1 aliphatic rings. The average Bonchev–Trinajstić information content (AvgIpc) is 3.16. The van der Waals surface area contributed by atoms with Crippen LogP contribution in [0.2, 0.25) is 0 Å². The van der Waals surface area contributed by atoms with Crippen LogP contribution in [0.1, 0.15) is 51.0 Å². The number of esters is 1. The van der Waals surface area contributed by atoms with E-state index in [1.165, 1.54) is 12.8 Å². The van der Waals surface area contributed by atoms with Crippen LogP contribution in [-0.2, 0) is 16.1 Å². The lowest BCUT2D eigenvalue weighted by atomic mass is 10.2. The Balaban J connectivity index is 0.00000364. The highest BCUT2D eigenvalue weighted by molar-refractivity contribution is 14.0. The van der Waals surface area contributed by atoms with E-state index in [4.69, 9.17) is 9.47 Å². The number of aliphatic imine (C=N–C) groups is 1. The van der Waals surface area contributed by atoms with Gasteiger partial charge in [-0.25, -0.2) is 4.99 Å². The van der Waals surface area contributed by atoms with Crippen LogP contribution in [0.25, 0.3) is 0 Å². The minimum Gasteiger partial charge on any atom is -0.496 e. The maximum absolute atomic E-state index is 11.8. The monoisotopic (exact) mass is 489 g/mol. The Labute approximate surface area is 179 Å². The first kappa shape index (κ1) is 23.5. The maximum atomic E-state index is 11.8. The molecule has 0 spiro atoms. The predicted octanol–water partition coefficient (Wildman–Crippen LogP) is 3.63. The standard InChI is InChI=1S/C20H31N3O3.HI/c1-3-21-20(23-15-16-9-4-7-12-18(16)25-2)22-14-8-13-19(24)26-17-10-5-6-11-17;/h4,7,9,12,17H,3,5-6,8,10-11,13-15H2,1-2H3,(H2,21,22,23);1H. The molecule has 2 N–H and O–H groups in total. The van der Waals surface area contributed by atoms with E-state index in [9.17, 15) is 4.79 Å². The molecular formula is C20H32IN3O3. The summed E-state index contributed by atoms with van der Waals surface area (Å²) < 4.78 is 10.8. The van der Waals surface area contributed by atoms with Crippen molar-refractivity contribution in [3.63, 3.8) is 0 Å². The van der Waals surface area contributed by atoms with Gasteiger partial charge in [0.25, 0.3) is 0 Å². The summed E-state index contributed by atoms with van der Waals surface area (Å²) in [6.45, 7) is 4.02. The van der Waals surface area contributed by atoms with Crippen LogP contribution in [0.15, 0.2) is 29.3 Å². The maximum Gasteiger partial charge on any atom is 0.306 e. The van der Waals surface area contributed by atoms with E-state index in [-0.39, 0.29) is 36.0 Å². The van der Waals surface area contributed by atoms with Gasteiger partial charge in [-0.1, -0.05) is 18.2 Å². The van der Waals surface area contributed by atoms with Crippen molar-refractivity contribution in [2.75, 3.05) is 20.2 Å². The zero-order chi connectivity index (χ0) is 18.6. The van der Waals surface area contributed by atoms with Gasteiger partial charge in [-0.2, -0.15) is 0 Å². The van der Waals surface area contributed by atoms with Crippen LogP contribution in [0.3, 0.4) is 0 Å². The van der Waals surface area contributed by atoms with Crippen molar-refractivity contribution in [2.45, 2.75) is 58.1 Å². The molecule has 0 saturated heterocycles. The van der Waals surface area contributed by atoms with Crippen molar-refractivity contribution in [3.8, 4) is 5.75 Å². The molecule has 0 heterocycles. The first-order valence-corrected chi connectivity index (χ1v) is 9.56. The largest absolute Gasteiger partial charge is 0.496 e. The molecule has 1 fully saturated rings. The van der Waals surface area contributed by atoms with E-state index in [1.54, 1.807) is 7.11 Å². The van der Waals surface area contributed by atoms with Gasteiger partial charge in [-0.3, -0.25) is 4.79 Å². The van der Waals surface area contributed by atoms with E-state index in [1.807, 2.05) is 31.2 Å². The molecule has 0 aliphatic heterocycles. The Bertz CT molecular complexity index is 590. The molecule has 0 atom stereocenters. The van der Waals surface area contributed by atoms with Gasteiger partial charge in [0, 0.05) is 25.1 Å². The summed E-state index contributed by atoms with van der Waals surface area (Å²) >= 11 is 0. The number of nitrogens with one attached hydrogen (secondary N) is 2. The molecule has 7 heteroatoms. The minimum atomic E-state index is -0.0883. The van der Waals surface area contributed by atoms with Crippen LogP contribution >= 0.6 is 24.0 Å². The molecule has 0 amide bonds. The molecule has 6 nitrogen and oxygen atoms in total. The van der Waals surface area contributed by atoms with Gasteiger partial charge >= 0.3 is 5.97 Å². The lowest BCUT2D eigenvalue weighted by Crippen LogP contribution is -2.38. The van der Waals surface area contributed by atoms with Crippen LogP contribution in [-0.4, -0.2) is 38.2 Å². The van der Waals surface area contributed by atoms with Crippen molar-refractivity contribution < 1.29 is 14.3 Å². The third-order valence-electron chi connectivity index (χ3n) is 4.39. The Kier molecular flexibility index (Phi) is 11.9. The van der Waals surface area contributed by atoms with Crippen molar-refractivity contribution in [1.29, 1.82) is 0 Å². The number of carbonyl (C=O) groups is 1. The highest BCUT2D eigenvalue weighted by Crippen LogP contribution is 2.21. The normalized spacial score (nSPS) is 14.4. The molecule has 0 bridgehead atoms. The fourth-order valence-electron chi connectivity index (χ4n) is 3.03. The second-order valence-electron chi connectivity index (χ2n) is 6.43. The Hall–Kier alpha value is -1.51. The number of benzene rings is 1. The molecule has 1 saturated carbocycles. The van der Waals surface area contributed by atoms with Crippen LogP contribution < -0.4 is 15.4 Å². The van der Waals surface area contributed by atoms with Gasteiger partial charge in [0.2, 0.25) is 0 Å². The molecule has 0 radical (unpaired) electrons. The molecule has 2 rings (SSSR count). The zero-order valence-electron chi connectivity index (χ0n) is 16.3. The van der Waals surface area contributed by atoms with Gasteiger partial charge in [-0.05, 0) is 45.1 Å². The van der Waals surface area contributed by atoms with Crippen molar-refractivity contribution in [2.24, 2.45) is 4.99 Å². The summed E-state index contributed by atoms with van der Waals surface area (Å²) in [4.78, 5) is 16.4.